The summed E-state index contributed by atoms with van der Waals surface area (Å²) in [4.78, 5) is 13.3. The summed E-state index contributed by atoms with van der Waals surface area (Å²) < 4.78 is 6.12. The molecule has 0 aliphatic carbocycles. The van der Waals surface area contributed by atoms with Gasteiger partial charge in [0.25, 0.3) is 0 Å². The Morgan fingerprint density at radius 3 is 0.626 bits per heavy atom. The zero-order chi connectivity index (χ0) is 65.6. The molecule has 0 aliphatic heterocycles. The van der Waals surface area contributed by atoms with Crippen molar-refractivity contribution in [1.82, 2.24) is 0 Å². The van der Waals surface area contributed by atoms with Gasteiger partial charge in [0.1, 0.15) is 0 Å². The molecule has 0 aromatic heterocycles. The second kappa shape index (κ2) is 80.1. The molecule has 3 heteroatoms. The summed E-state index contributed by atoms with van der Waals surface area (Å²) in [7, 11) is 0. The van der Waals surface area contributed by atoms with Crippen molar-refractivity contribution in [2.45, 2.75) is 508 Å². The lowest BCUT2D eigenvalue weighted by Gasteiger charge is -2.25. The van der Waals surface area contributed by atoms with Crippen LogP contribution in [0.15, 0.2) is 25.3 Å². The molecule has 91 heavy (non-hydrogen) atoms. The summed E-state index contributed by atoms with van der Waals surface area (Å²) in [5.74, 6) is 0.565. The molecule has 0 bridgehead atoms. The van der Waals surface area contributed by atoms with Gasteiger partial charge in [-0.05, 0) is 71.1 Å². The number of carbonyl (C=O) groups is 1. The minimum absolute atomic E-state index is 0.0412. The van der Waals surface area contributed by atoms with Gasteiger partial charge in [0, 0.05) is 5.33 Å². The zero-order valence-electron chi connectivity index (χ0n) is 63.2. The number of rotatable bonds is 83. The molecule has 2 nitrogen and oxygen atoms in total. The summed E-state index contributed by atoms with van der Waals surface area (Å²) in [6, 6.07) is 0. The minimum Gasteiger partial charge on any atom is -0.465 e. The number of ether oxygens (including phenoxy) is 1. The number of halogens is 1. The Kier molecular flexibility index (Phi) is 79.6. The fourth-order valence-corrected chi connectivity index (χ4v) is 15.0. The number of alkyl halides is 1. The topological polar surface area (TPSA) is 26.3 Å². The highest BCUT2D eigenvalue weighted by atomic mass is 79.9. The number of esters is 1. The molecule has 0 aromatic rings. The standard InChI is InChI=1S/C88H171BrO2/c1-5-7-9-11-13-65-69-73-77-81-86(82-78-74-70-66-14-12-10-8-6-2)85-91-87(90)88(3,4)83-79-75-71-67-63-61-59-57-55-53-51-49-47-45-43-41-39-37-35-33-31-29-27-25-23-21-19-17-15-16-18-20-22-24-26-28-30-32-34-36-38-40-42-44-46-48-50-52-54-56-58-60-62-64-68-72-76-80-84-89/h5-6,86H,1-2,7-85H2,3-4H3. The molecule has 0 rings (SSSR count). The number of carbonyl (C=O) groups excluding carboxylic acids is 1. The zero-order valence-corrected chi connectivity index (χ0v) is 64.8. The van der Waals surface area contributed by atoms with Gasteiger partial charge in [-0.15, -0.1) is 13.2 Å². The van der Waals surface area contributed by atoms with E-state index in [9.17, 15) is 4.79 Å². The Bertz CT molecular complexity index is 1330. The van der Waals surface area contributed by atoms with Gasteiger partial charge in [-0.3, -0.25) is 4.79 Å². The van der Waals surface area contributed by atoms with Crippen molar-refractivity contribution in [3.8, 4) is 0 Å². The fourth-order valence-electron chi connectivity index (χ4n) is 14.6. The first-order chi connectivity index (χ1) is 45.0. The van der Waals surface area contributed by atoms with E-state index in [-0.39, 0.29) is 11.4 Å². The van der Waals surface area contributed by atoms with Crippen LogP contribution in [0.25, 0.3) is 0 Å². The molecule has 0 atom stereocenters. The summed E-state index contributed by atoms with van der Waals surface area (Å²) in [6.45, 7) is 12.6. The van der Waals surface area contributed by atoms with Crippen LogP contribution in [0.1, 0.15) is 508 Å². The summed E-state index contributed by atoms with van der Waals surface area (Å²) in [6.07, 6.45) is 113. The van der Waals surface area contributed by atoms with E-state index in [0.29, 0.717) is 12.5 Å². The third kappa shape index (κ3) is 76.7. The third-order valence-corrected chi connectivity index (χ3v) is 21.8. The van der Waals surface area contributed by atoms with Crippen LogP contribution in [0.5, 0.6) is 0 Å². The second-order valence-corrected chi connectivity index (χ2v) is 31.8. The highest BCUT2D eigenvalue weighted by Gasteiger charge is 2.29. The lowest BCUT2D eigenvalue weighted by Crippen LogP contribution is -2.28. The molecule has 0 unspecified atom stereocenters. The predicted molar refractivity (Wildman–Crippen MR) is 418 cm³/mol. The van der Waals surface area contributed by atoms with Crippen LogP contribution in [-0.4, -0.2) is 17.9 Å². The van der Waals surface area contributed by atoms with Gasteiger partial charge >= 0.3 is 5.97 Å². The molecule has 0 fully saturated rings. The highest BCUT2D eigenvalue weighted by molar-refractivity contribution is 9.09. The normalized spacial score (nSPS) is 11.9. The summed E-state index contributed by atoms with van der Waals surface area (Å²) in [5, 5.41) is 1.18. The van der Waals surface area contributed by atoms with E-state index in [1.165, 1.54) is 474 Å². The highest BCUT2D eigenvalue weighted by Crippen LogP contribution is 2.29. The van der Waals surface area contributed by atoms with Gasteiger partial charge < -0.3 is 4.74 Å². The van der Waals surface area contributed by atoms with Gasteiger partial charge in [0.05, 0.1) is 12.0 Å². The van der Waals surface area contributed by atoms with Crippen LogP contribution >= 0.6 is 15.9 Å². The Balaban J connectivity index is 3.44. The average molecular weight is 1340 g/mol. The van der Waals surface area contributed by atoms with Crippen LogP contribution < -0.4 is 0 Å². The Morgan fingerprint density at radius 2 is 0.440 bits per heavy atom. The quantitative estimate of drug-likeness (QED) is 0.0263. The van der Waals surface area contributed by atoms with Crippen molar-refractivity contribution in [2.75, 3.05) is 11.9 Å². The van der Waals surface area contributed by atoms with Crippen LogP contribution in [0.2, 0.25) is 0 Å². The van der Waals surface area contributed by atoms with E-state index in [1.54, 1.807) is 0 Å². The molecular formula is C88H171BrO2. The van der Waals surface area contributed by atoms with E-state index in [1.807, 2.05) is 0 Å². The third-order valence-electron chi connectivity index (χ3n) is 21.2. The van der Waals surface area contributed by atoms with Crippen molar-refractivity contribution in [2.24, 2.45) is 11.3 Å². The maximum atomic E-state index is 13.3. The summed E-state index contributed by atoms with van der Waals surface area (Å²) in [5.41, 5.74) is -0.371. The average Bonchev–Trinajstić information content (AvgIpc) is 3.37. The first-order valence-electron chi connectivity index (χ1n) is 42.9. The van der Waals surface area contributed by atoms with E-state index in [4.69, 9.17) is 4.74 Å². The predicted octanol–water partition coefficient (Wildman–Crippen LogP) is 33.0. The Hall–Kier alpha value is -0.570. The van der Waals surface area contributed by atoms with Gasteiger partial charge in [-0.25, -0.2) is 0 Å². The Morgan fingerprint density at radius 1 is 0.275 bits per heavy atom. The van der Waals surface area contributed by atoms with Gasteiger partial charge in [0.2, 0.25) is 0 Å². The maximum Gasteiger partial charge on any atom is 0.311 e. The second-order valence-electron chi connectivity index (χ2n) is 31.0. The number of allylic oxidation sites excluding steroid dienone is 2. The fraction of sp³-hybridized carbons (Fsp3) is 0.943. The Labute approximate surface area is 584 Å². The van der Waals surface area contributed by atoms with Gasteiger partial charge in [-0.1, -0.05) is 471 Å². The van der Waals surface area contributed by atoms with Crippen molar-refractivity contribution in [3.05, 3.63) is 25.3 Å². The summed E-state index contributed by atoms with van der Waals surface area (Å²) >= 11 is 3.54. The largest absolute Gasteiger partial charge is 0.465 e. The van der Waals surface area contributed by atoms with E-state index >= 15 is 0 Å². The number of hydrogen-bond donors (Lipinski definition) is 0. The number of hydrogen-bond acceptors (Lipinski definition) is 2. The maximum absolute atomic E-state index is 13.3. The monoisotopic (exact) mass is 1340 g/mol. The molecule has 0 aromatic carbocycles. The van der Waals surface area contributed by atoms with Gasteiger partial charge in [-0.2, -0.15) is 0 Å². The smallest absolute Gasteiger partial charge is 0.311 e. The lowest BCUT2D eigenvalue weighted by molar-refractivity contribution is -0.156. The van der Waals surface area contributed by atoms with E-state index in [2.05, 4.69) is 55.1 Å². The van der Waals surface area contributed by atoms with Crippen molar-refractivity contribution >= 4 is 21.9 Å². The molecule has 0 heterocycles. The van der Waals surface area contributed by atoms with Crippen LogP contribution in [-0.2, 0) is 9.53 Å². The lowest BCUT2D eigenvalue weighted by atomic mass is 9.86. The first kappa shape index (κ1) is 90.4. The van der Waals surface area contributed by atoms with Crippen molar-refractivity contribution in [1.29, 1.82) is 0 Å². The minimum atomic E-state index is -0.371. The molecule has 542 valence electrons. The SMILES string of the molecule is C=CCCCCCCCCCC(CCCCCCCCCC=C)COC(=O)C(C)(C)CCCCCCCCCCCCCCCCCCCCCCCCCCCCCCCCCCCCCCCCCCCCCCCCCCCCCCCCCCCCBr. The number of unbranched alkanes of at least 4 members (excludes halogenated alkanes) is 71. The van der Waals surface area contributed by atoms with Crippen molar-refractivity contribution < 1.29 is 9.53 Å². The molecule has 0 saturated heterocycles. The van der Waals surface area contributed by atoms with Crippen molar-refractivity contribution in [3.63, 3.8) is 0 Å². The van der Waals surface area contributed by atoms with Crippen LogP contribution in [0.3, 0.4) is 0 Å². The van der Waals surface area contributed by atoms with E-state index < -0.39 is 0 Å². The molecule has 0 aliphatic rings. The van der Waals surface area contributed by atoms with Crippen LogP contribution in [0, 0.1) is 11.3 Å². The van der Waals surface area contributed by atoms with Crippen LogP contribution in [0.4, 0.5) is 0 Å². The van der Waals surface area contributed by atoms with Gasteiger partial charge in [0.15, 0.2) is 0 Å². The molecule has 0 amide bonds. The molecular weight excluding hydrogens is 1170 g/mol. The molecule has 0 N–H and O–H groups in total. The van der Waals surface area contributed by atoms with E-state index in [0.717, 1.165) is 25.7 Å². The molecule has 0 spiro atoms. The molecule has 0 radical (unpaired) electrons. The first-order valence-corrected chi connectivity index (χ1v) is 44.0. The molecule has 0 saturated carbocycles.